The zero-order valence-corrected chi connectivity index (χ0v) is 24.2. The third-order valence-corrected chi connectivity index (χ3v) is 11.4. The molecule has 0 aliphatic rings. The lowest BCUT2D eigenvalue weighted by Crippen LogP contribution is -2.28. The molecule has 2 aromatic rings. The summed E-state index contributed by atoms with van der Waals surface area (Å²) in [5.41, 5.74) is 1.20. The Balaban J connectivity index is 2.95. The molecule has 0 radical (unpaired) electrons. The molecule has 6 nitrogen and oxygen atoms in total. The van der Waals surface area contributed by atoms with Gasteiger partial charge in [0.1, 0.15) is 0 Å². The van der Waals surface area contributed by atoms with Gasteiger partial charge in [-0.25, -0.2) is 0 Å². The van der Waals surface area contributed by atoms with Crippen molar-refractivity contribution >= 4 is 26.0 Å². The molecule has 0 fully saturated rings. The van der Waals surface area contributed by atoms with E-state index in [0.29, 0.717) is 73.3 Å². The van der Waals surface area contributed by atoms with E-state index in [0.717, 1.165) is 25.7 Å². The van der Waals surface area contributed by atoms with Crippen LogP contribution in [0, 0.1) is 0 Å². The number of hydrogen-bond donors (Lipinski definition) is 4. The first-order valence-corrected chi connectivity index (χ1v) is 16.8. The van der Waals surface area contributed by atoms with E-state index in [2.05, 4.69) is 0 Å². The van der Waals surface area contributed by atoms with E-state index in [1.54, 1.807) is 12.1 Å². The summed E-state index contributed by atoms with van der Waals surface area (Å²) in [5, 5.41) is -1.27. The summed E-state index contributed by atoms with van der Waals surface area (Å²) in [6.45, 7) is 8.06. The van der Waals surface area contributed by atoms with E-state index in [1.165, 1.54) is 0 Å². The normalized spacial score (nSPS) is 13.4. The summed E-state index contributed by atoms with van der Waals surface area (Å²) in [6, 6.07) is 10.9. The number of unbranched alkanes of at least 4 members (excludes halogenated alkanes) is 4. The molecule has 4 N–H and O–H groups in total. The van der Waals surface area contributed by atoms with Crippen molar-refractivity contribution in [3.63, 3.8) is 0 Å². The first kappa shape index (κ1) is 31.2. The van der Waals surface area contributed by atoms with Crippen LogP contribution in [0.4, 0.5) is 0 Å². The topological polar surface area (TPSA) is 115 Å². The highest BCUT2D eigenvalue weighted by Crippen LogP contribution is 2.65. The van der Waals surface area contributed by atoms with Gasteiger partial charge in [-0.05, 0) is 47.6 Å². The number of hydrogen-bond acceptors (Lipinski definition) is 2. The van der Waals surface area contributed by atoms with Gasteiger partial charge in [-0.1, -0.05) is 115 Å². The molecule has 0 atom stereocenters. The molecule has 0 saturated carbocycles. The van der Waals surface area contributed by atoms with Crippen LogP contribution >= 0.6 is 15.2 Å². The fourth-order valence-electron chi connectivity index (χ4n) is 5.68. The molecular weight excluding hydrogens is 494 g/mol. The van der Waals surface area contributed by atoms with Gasteiger partial charge in [0, 0.05) is 0 Å². The molecule has 0 heterocycles. The zero-order valence-electron chi connectivity index (χ0n) is 22.4. The van der Waals surface area contributed by atoms with Gasteiger partial charge < -0.3 is 19.6 Å². The molecule has 0 aliphatic carbocycles. The zero-order chi connectivity index (χ0) is 27.0. The monoisotopic (exact) mass is 540 g/mol. The lowest BCUT2D eigenvalue weighted by Gasteiger charge is -2.38. The second-order valence-corrected chi connectivity index (χ2v) is 14.2. The Morgan fingerprint density at radius 1 is 0.556 bits per heavy atom. The molecule has 0 bridgehead atoms. The van der Waals surface area contributed by atoms with Crippen LogP contribution in [0.3, 0.4) is 0 Å². The Bertz CT molecular complexity index is 970. The molecule has 2 aromatic carbocycles. The second kappa shape index (κ2) is 13.2. The average molecular weight is 541 g/mol. The Kier molecular flexibility index (Phi) is 11.4. The van der Waals surface area contributed by atoms with Crippen molar-refractivity contribution in [1.29, 1.82) is 0 Å². The van der Waals surface area contributed by atoms with E-state index >= 15 is 0 Å². The maximum Gasteiger partial charge on any atom is 0.336 e. The quantitative estimate of drug-likeness (QED) is 0.159. The molecule has 2 rings (SSSR count). The molecule has 36 heavy (non-hydrogen) atoms. The summed E-state index contributed by atoms with van der Waals surface area (Å²) >= 11 is 0. The minimum absolute atomic E-state index is 0.367. The second-order valence-electron chi connectivity index (χ2n) is 10.3. The molecule has 0 unspecified atom stereocenters. The first-order chi connectivity index (χ1) is 17.0. The number of benzene rings is 2. The summed E-state index contributed by atoms with van der Waals surface area (Å²) in [6.07, 6.45) is 7.48. The van der Waals surface area contributed by atoms with Gasteiger partial charge in [0.2, 0.25) is 0 Å². The summed E-state index contributed by atoms with van der Waals surface area (Å²) in [5.74, 6) is 0. The Morgan fingerprint density at radius 2 is 0.833 bits per heavy atom. The number of fused-ring (bicyclic) bond motifs is 1. The van der Waals surface area contributed by atoms with E-state index in [1.807, 2.05) is 52.0 Å². The fraction of sp³-hybridized carbons (Fsp3) is 0.643. The predicted octanol–water partition coefficient (Wildman–Crippen LogP) is 8.35. The highest BCUT2D eigenvalue weighted by Gasteiger charge is 2.50. The molecule has 0 saturated heterocycles. The maximum absolute atomic E-state index is 13.2. The highest BCUT2D eigenvalue weighted by molar-refractivity contribution is 7.53. The fourth-order valence-corrected chi connectivity index (χ4v) is 8.50. The maximum atomic E-state index is 13.2. The van der Waals surface area contributed by atoms with Gasteiger partial charge in [-0.2, -0.15) is 0 Å². The Morgan fingerprint density at radius 3 is 1.06 bits per heavy atom. The smallest absolute Gasteiger partial charge is 0.324 e. The Labute approximate surface area is 217 Å². The SMILES string of the molecule is CCCCC(CCCC)(c1cccc2c(C(CCCC)(CCCC)P(=O)(O)O)cccc12)P(=O)(O)O. The molecule has 0 amide bonds. The largest absolute Gasteiger partial charge is 0.336 e. The van der Waals surface area contributed by atoms with Crippen molar-refractivity contribution in [3.05, 3.63) is 47.5 Å². The van der Waals surface area contributed by atoms with E-state index in [-0.39, 0.29) is 0 Å². The van der Waals surface area contributed by atoms with Crippen molar-refractivity contribution < 1.29 is 28.7 Å². The van der Waals surface area contributed by atoms with Gasteiger partial charge in [-0.15, -0.1) is 0 Å². The molecule has 0 aromatic heterocycles. The molecule has 8 heteroatoms. The van der Waals surface area contributed by atoms with Crippen LogP contribution < -0.4 is 0 Å². The third kappa shape index (κ3) is 6.34. The van der Waals surface area contributed by atoms with E-state index in [4.69, 9.17) is 0 Å². The highest BCUT2D eigenvalue weighted by atomic mass is 31.2. The minimum Gasteiger partial charge on any atom is -0.324 e. The van der Waals surface area contributed by atoms with Gasteiger partial charge in [0.05, 0.1) is 10.3 Å². The van der Waals surface area contributed by atoms with Crippen LogP contribution in [0.2, 0.25) is 0 Å². The van der Waals surface area contributed by atoms with Crippen molar-refractivity contribution in [3.8, 4) is 0 Å². The van der Waals surface area contributed by atoms with Crippen LogP contribution in [0.15, 0.2) is 36.4 Å². The van der Waals surface area contributed by atoms with Crippen LogP contribution in [0.1, 0.15) is 116 Å². The van der Waals surface area contributed by atoms with Gasteiger partial charge in [-0.3, -0.25) is 9.13 Å². The van der Waals surface area contributed by atoms with E-state index in [9.17, 15) is 28.7 Å². The van der Waals surface area contributed by atoms with Crippen molar-refractivity contribution in [1.82, 2.24) is 0 Å². The lowest BCUT2D eigenvalue weighted by molar-refractivity contribution is 0.299. The van der Waals surface area contributed by atoms with Gasteiger partial charge in [0.25, 0.3) is 0 Å². The molecule has 0 aliphatic heterocycles. The van der Waals surface area contributed by atoms with Crippen molar-refractivity contribution in [2.24, 2.45) is 0 Å². The summed E-state index contributed by atoms with van der Waals surface area (Å²) in [7, 11) is -9.14. The number of rotatable bonds is 16. The summed E-state index contributed by atoms with van der Waals surface area (Å²) < 4.78 is 26.4. The van der Waals surface area contributed by atoms with Crippen LogP contribution in [-0.2, 0) is 19.4 Å². The van der Waals surface area contributed by atoms with Crippen LogP contribution in [0.25, 0.3) is 10.8 Å². The standard InChI is InChI=1S/C28H46O6P2/c1-5-9-19-27(20-10-6-2,35(29,30)31)25-17-13-16-24-23(25)15-14-18-26(24)28(21-11-7-3,22-12-8-4)36(32,33)34/h13-18H,5-12,19-22H2,1-4H3,(H2,29,30,31)(H2,32,33,34). The van der Waals surface area contributed by atoms with Gasteiger partial charge >= 0.3 is 15.2 Å². The lowest BCUT2D eigenvalue weighted by atomic mass is 9.81. The summed E-state index contributed by atoms with van der Waals surface area (Å²) in [4.78, 5) is 43.1. The van der Waals surface area contributed by atoms with Crippen LogP contribution in [-0.4, -0.2) is 19.6 Å². The molecular formula is C28H46O6P2. The molecule has 0 spiro atoms. The third-order valence-electron chi connectivity index (χ3n) is 7.82. The van der Waals surface area contributed by atoms with Crippen LogP contribution in [0.5, 0.6) is 0 Å². The Hall–Kier alpha value is -1.00. The molecule has 204 valence electrons. The van der Waals surface area contributed by atoms with E-state index < -0.39 is 25.5 Å². The predicted molar refractivity (Wildman–Crippen MR) is 149 cm³/mol. The average Bonchev–Trinajstić information content (AvgIpc) is 2.82. The first-order valence-electron chi connectivity index (χ1n) is 13.6. The minimum atomic E-state index is -4.57. The van der Waals surface area contributed by atoms with Crippen molar-refractivity contribution in [2.75, 3.05) is 0 Å². The van der Waals surface area contributed by atoms with Crippen molar-refractivity contribution in [2.45, 2.75) is 115 Å². The van der Waals surface area contributed by atoms with Gasteiger partial charge in [0.15, 0.2) is 0 Å².